The van der Waals surface area contributed by atoms with E-state index in [1.807, 2.05) is 34.6 Å². The Morgan fingerprint density at radius 1 is 0.811 bits per heavy atom. The number of carbonyl (C=O) groups excluding carboxylic acids is 2. The number of rotatable bonds is 4. The normalized spacial score (nSPS) is 22.8. The molecule has 5 heteroatoms. The molecule has 0 radical (unpaired) electrons. The fourth-order valence-electron chi connectivity index (χ4n) is 3.82. The molecule has 0 aromatic carbocycles. The van der Waals surface area contributed by atoms with Gasteiger partial charge in [-0.25, -0.2) is 4.79 Å². The summed E-state index contributed by atoms with van der Waals surface area (Å²) in [6, 6.07) is 0. The van der Waals surface area contributed by atoms with Crippen molar-refractivity contribution in [3.63, 3.8) is 0 Å². The summed E-state index contributed by atoms with van der Waals surface area (Å²) in [6.07, 6.45) is 1.52. The lowest BCUT2D eigenvalue weighted by Crippen LogP contribution is -2.68. The van der Waals surface area contributed by atoms with Crippen LogP contribution in [-0.2, 0) is 19.2 Å². The third-order valence-corrected chi connectivity index (χ3v) is 6.19. The summed E-state index contributed by atoms with van der Waals surface area (Å²) in [7, 11) is 0. The van der Waals surface area contributed by atoms with Crippen molar-refractivity contribution in [2.75, 3.05) is 0 Å². The first-order valence-corrected chi connectivity index (χ1v) is 11.8. The Morgan fingerprint density at radius 2 is 1.27 bits per heavy atom. The molecule has 1 fully saturated rings. The highest BCUT2D eigenvalue weighted by Gasteiger charge is 2.56. The number of hydrogen-bond donors (Lipinski definition) is 0. The van der Waals surface area contributed by atoms with Gasteiger partial charge in [0.1, 0.15) is 6.10 Å². The maximum absolute atomic E-state index is 12.4. The van der Waals surface area contributed by atoms with Crippen LogP contribution in [0.2, 0.25) is 0 Å². The Hall–Kier alpha value is -4.62. The van der Waals surface area contributed by atoms with Gasteiger partial charge in [-0.1, -0.05) is 26.7 Å². The van der Waals surface area contributed by atoms with Crippen LogP contribution >= 0.6 is 0 Å². The summed E-state index contributed by atoms with van der Waals surface area (Å²) in [4.78, 5) is 29.8. The van der Waals surface area contributed by atoms with Gasteiger partial charge in [-0.05, 0) is 116 Å². The molecule has 0 aromatic rings. The lowest BCUT2D eigenvalue weighted by Gasteiger charge is -2.57. The van der Waals surface area contributed by atoms with Crippen LogP contribution in [0, 0.1) is 101 Å². The van der Waals surface area contributed by atoms with E-state index in [2.05, 4.69) is 94.7 Å². The molecule has 5 nitrogen and oxygen atoms in total. The van der Waals surface area contributed by atoms with Crippen molar-refractivity contribution in [3.8, 4) is 94.7 Å². The minimum absolute atomic E-state index is 0.102. The van der Waals surface area contributed by atoms with Crippen molar-refractivity contribution in [1.82, 2.24) is 5.06 Å². The van der Waals surface area contributed by atoms with E-state index < -0.39 is 23.2 Å². The number of esters is 1. The van der Waals surface area contributed by atoms with E-state index >= 15 is 0 Å². The largest absolute Gasteiger partial charge is 0.452 e. The van der Waals surface area contributed by atoms with Crippen molar-refractivity contribution >= 4 is 11.9 Å². The highest BCUT2D eigenvalue weighted by Crippen LogP contribution is 2.46. The second-order valence-corrected chi connectivity index (χ2v) is 8.50. The zero-order valence-corrected chi connectivity index (χ0v) is 22.4. The molecule has 0 aliphatic carbocycles. The van der Waals surface area contributed by atoms with Crippen molar-refractivity contribution < 1.29 is 19.2 Å². The van der Waals surface area contributed by atoms with Crippen molar-refractivity contribution in [3.05, 3.63) is 0 Å². The monoisotopic (exact) mass is 491 g/mol. The summed E-state index contributed by atoms with van der Waals surface area (Å²) in [5, 5.41) is 1.80. The summed E-state index contributed by atoms with van der Waals surface area (Å²) in [5.74, 6) is 39.0. The second kappa shape index (κ2) is 15.4. The maximum atomic E-state index is 12.4. The summed E-state index contributed by atoms with van der Waals surface area (Å²) < 4.78 is 5.72. The second-order valence-electron chi connectivity index (χ2n) is 8.50. The molecule has 0 aromatic heterocycles. The van der Waals surface area contributed by atoms with Crippen LogP contribution in [0.15, 0.2) is 0 Å². The van der Waals surface area contributed by atoms with Crippen molar-refractivity contribution in [2.45, 2.75) is 84.9 Å². The molecule has 37 heavy (non-hydrogen) atoms. The van der Waals surface area contributed by atoms with Crippen LogP contribution in [0.4, 0.5) is 0 Å². The predicted octanol–water partition coefficient (Wildman–Crippen LogP) is 3.10. The van der Waals surface area contributed by atoms with Gasteiger partial charge in [-0.15, -0.1) is 5.06 Å². The van der Waals surface area contributed by atoms with Crippen LogP contribution in [0.5, 0.6) is 0 Å². The Labute approximate surface area is 221 Å². The van der Waals surface area contributed by atoms with Gasteiger partial charge in [-0.2, -0.15) is 0 Å². The number of nitrogens with zero attached hydrogens (tertiary/aromatic N) is 1. The average Bonchev–Trinajstić information content (AvgIpc) is 2.87. The van der Waals surface area contributed by atoms with Crippen LogP contribution in [0.3, 0.4) is 0 Å². The minimum Gasteiger partial charge on any atom is -0.452 e. The van der Waals surface area contributed by atoms with Crippen LogP contribution in [0.25, 0.3) is 0 Å². The van der Waals surface area contributed by atoms with Gasteiger partial charge in [0.15, 0.2) is 0 Å². The summed E-state index contributed by atoms with van der Waals surface area (Å²) in [5.41, 5.74) is -1.01. The molecule has 1 rings (SSSR count). The summed E-state index contributed by atoms with van der Waals surface area (Å²) >= 11 is 0. The number of hydrogen-bond acceptors (Lipinski definition) is 5. The Morgan fingerprint density at radius 3 is 1.68 bits per heavy atom. The first kappa shape index (κ1) is 30.4. The molecule has 0 amide bonds. The fraction of sp³-hybridized carbons (Fsp3) is 0.438. The maximum Gasteiger partial charge on any atom is 0.385 e. The number of piperidine rings is 1. The Kier molecular flexibility index (Phi) is 12.6. The van der Waals surface area contributed by atoms with Gasteiger partial charge >= 0.3 is 11.9 Å². The third-order valence-electron chi connectivity index (χ3n) is 6.19. The first-order chi connectivity index (χ1) is 17.6. The smallest absolute Gasteiger partial charge is 0.385 e. The van der Waals surface area contributed by atoms with E-state index in [1.165, 1.54) is 6.92 Å². The van der Waals surface area contributed by atoms with Crippen LogP contribution < -0.4 is 0 Å². The molecular formula is C32H29NO4. The molecule has 1 aliphatic heterocycles. The van der Waals surface area contributed by atoms with E-state index in [4.69, 9.17) is 9.57 Å². The number of ether oxygens (including phenoxy) is 1. The molecule has 1 heterocycles. The van der Waals surface area contributed by atoms with Crippen LogP contribution in [0.1, 0.15) is 67.7 Å². The Bertz CT molecular complexity index is 1390. The number of carbonyl (C=O) groups is 2. The number of hydroxylamine groups is 2. The molecule has 4 unspecified atom stereocenters. The molecular weight excluding hydrogens is 462 g/mol. The van der Waals surface area contributed by atoms with Crippen molar-refractivity contribution in [1.29, 1.82) is 0 Å². The molecule has 186 valence electrons. The zero-order valence-electron chi connectivity index (χ0n) is 22.4. The van der Waals surface area contributed by atoms with Gasteiger partial charge in [0, 0.05) is 25.2 Å². The molecule has 0 N–H and O–H groups in total. The minimum atomic E-state index is -0.667. The third kappa shape index (κ3) is 9.51. The quantitative estimate of drug-likeness (QED) is 0.344. The molecule has 0 spiro atoms. The van der Waals surface area contributed by atoms with Gasteiger partial charge < -0.3 is 9.57 Å². The Balaban J connectivity index is 2.82. The standard InChI is InChI=1S/C32H29NO4/c1-8-11-12-13-14-15-16-17-18-19-20-21-22-23-24-25-30(35)36-29-26-31(6,9-2)33(37-28(5)34)32(7,10-3)27(29)4/h27,29H,9-10,26H2,1-7H3. The highest BCUT2D eigenvalue weighted by molar-refractivity contribution is 5.89. The molecule has 1 saturated heterocycles. The van der Waals surface area contributed by atoms with E-state index in [9.17, 15) is 9.59 Å². The lowest BCUT2D eigenvalue weighted by molar-refractivity contribution is -0.299. The SMILES string of the molecule is CC#CC#CC#CC#CC#CC#CC#CC#CC(=O)OC1CC(C)(CC)N(OC(C)=O)C(C)(CC)C1C. The summed E-state index contributed by atoms with van der Waals surface area (Å²) in [6.45, 7) is 13.1. The average molecular weight is 492 g/mol. The zero-order chi connectivity index (χ0) is 27.7. The molecule has 1 aliphatic rings. The molecule has 4 atom stereocenters. The molecule has 0 saturated carbocycles. The van der Waals surface area contributed by atoms with Gasteiger partial charge in [0.25, 0.3) is 0 Å². The lowest BCUT2D eigenvalue weighted by atomic mass is 9.69. The highest BCUT2D eigenvalue weighted by atomic mass is 16.7. The van der Waals surface area contributed by atoms with E-state index in [0.29, 0.717) is 19.3 Å². The van der Waals surface area contributed by atoms with Crippen molar-refractivity contribution in [2.24, 2.45) is 5.92 Å². The van der Waals surface area contributed by atoms with Gasteiger partial charge in [0.2, 0.25) is 0 Å². The van der Waals surface area contributed by atoms with Gasteiger partial charge in [-0.3, -0.25) is 4.79 Å². The van der Waals surface area contributed by atoms with Gasteiger partial charge in [0.05, 0.1) is 11.1 Å². The van der Waals surface area contributed by atoms with Crippen LogP contribution in [-0.4, -0.2) is 34.2 Å². The first-order valence-electron chi connectivity index (χ1n) is 11.8. The topological polar surface area (TPSA) is 55.8 Å². The fourth-order valence-corrected chi connectivity index (χ4v) is 3.82. The van der Waals surface area contributed by atoms with E-state index in [1.54, 1.807) is 12.0 Å². The predicted molar refractivity (Wildman–Crippen MR) is 143 cm³/mol. The van der Waals surface area contributed by atoms with E-state index in [0.717, 1.165) is 0 Å². The molecule has 0 bridgehead atoms. The van der Waals surface area contributed by atoms with E-state index in [-0.39, 0.29) is 11.9 Å².